The monoisotopic (exact) mass is 564 g/mol. The molecule has 8 nitrogen and oxygen atoms in total. The molecule has 0 bridgehead atoms. The van der Waals surface area contributed by atoms with Crippen molar-refractivity contribution in [1.82, 2.24) is 19.7 Å². The first-order valence-electron chi connectivity index (χ1n) is 12.5. The number of hydrogen-bond acceptors (Lipinski definition) is 7. The highest BCUT2D eigenvalue weighted by Gasteiger charge is 2.31. The fraction of sp³-hybridized carbons (Fsp3) is 0.276. The number of rotatable bonds is 7. The van der Waals surface area contributed by atoms with Crippen LogP contribution in [0.2, 0.25) is 0 Å². The summed E-state index contributed by atoms with van der Waals surface area (Å²) in [6, 6.07) is 5.27. The molecule has 1 atom stereocenters. The van der Waals surface area contributed by atoms with Gasteiger partial charge in [-0.3, -0.25) is 9.48 Å². The van der Waals surface area contributed by atoms with Gasteiger partial charge in [0.1, 0.15) is 47.7 Å². The number of hydrogen-bond donors (Lipinski definition) is 1. The van der Waals surface area contributed by atoms with Gasteiger partial charge in [-0.2, -0.15) is 5.10 Å². The first kappa shape index (κ1) is 27.5. The largest absolute Gasteiger partial charge is 0.490 e. The van der Waals surface area contributed by atoms with E-state index in [1.165, 1.54) is 24.5 Å². The van der Waals surface area contributed by atoms with E-state index in [1.54, 1.807) is 9.58 Å². The van der Waals surface area contributed by atoms with Crippen LogP contribution in [0.3, 0.4) is 0 Å². The summed E-state index contributed by atoms with van der Waals surface area (Å²) in [6.07, 6.45) is 1.28. The van der Waals surface area contributed by atoms with Crippen molar-refractivity contribution < 1.29 is 28.2 Å². The number of aliphatic hydroxyl groups is 1. The molecule has 3 aromatic heterocycles. The average molecular weight is 565 g/mol. The van der Waals surface area contributed by atoms with Crippen LogP contribution in [0.25, 0.3) is 32.6 Å². The van der Waals surface area contributed by atoms with Crippen molar-refractivity contribution in [3.8, 4) is 40.1 Å². The van der Waals surface area contributed by atoms with Gasteiger partial charge in [0, 0.05) is 41.4 Å². The lowest BCUT2D eigenvalue weighted by Crippen LogP contribution is -2.40. The fourth-order valence-corrected chi connectivity index (χ4v) is 5.79. The zero-order chi connectivity index (χ0) is 28.4. The lowest BCUT2D eigenvalue weighted by molar-refractivity contribution is -0.129. The van der Waals surface area contributed by atoms with Gasteiger partial charge in [0.05, 0.1) is 30.5 Å². The molecule has 0 unspecified atom stereocenters. The third-order valence-corrected chi connectivity index (χ3v) is 7.60. The number of aliphatic hydroxyl groups excluding tert-OH is 1. The first-order chi connectivity index (χ1) is 19.4. The van der Waals surface area contributed by atoms with Crippen molar-refractivity contribution in [2.24, 2.45) is 0 Å². The van der Waals surface area contributed by atoms with Crippen LogP contribution in [0, 0.1) is 23.5 Å². The van der Waals surface area contributed by atoms with Gasteiger partial charge in [0.15, 0.2) is 0 Å². The van der Waals surface area contributed by atoms with E-state index in [0.717, 1.165) is 17.8 Å². The molecule has 11 heteroatoms. The maximum Gasteiger partial charge on any atom is 0.246 e. The highest BCUT2D eigenvalue weighted by molar-refractivity contribution is 7.17. The Balaban J connectivity index is 1.78. The van der Waals surface area contributed by atoms with Gasteiger partial charge in [0.2, 0.25) is 5.91 Å². The van der Waals surface area contributed by atoms with Crippen LogP contribution in [-0.2, 0) is 16.1 Å². The summed E-state index contributed by atoms with van der Waals surface area (Å²) >= 11 is 1.35. The molecular formula is C29H26F2N4O4S. The van der Waals surface area contributed by atoms with E-state index in [9.17, 15) is 14.3 Å². The molecule has 5 rings (SSSR count). The molecule has 4 aromatic rings. The van der Waals surface area contributed by atoms with Gasteiger partial charge in [-0.25, -0.2) is 13.8 Å². The normalized spacial score (nSPS) is 14.5. The summed E-state index contributed by atoms with van der Waals surface area (Å²) < 4.78 is 43.4. The fourth-order valence-electron chi connectivity index (χ4n) is 4.84. The molecule has 206 valence electrons. The number of carbonyl (C=O) groups is 1. The molecule has 1 N–H and O–H groups in total. The third kappa shape index (κ3) is 4.97. The Hall–Kier alpha value is -4.11. The Morgan fingerprint density at radius 1 is 1.27 bits per heavy atom. The highest BCUT2D eigenvalue weighted by atomic mass is 32.1. The Labute approximate surface area is 233 Å². The number of nitrogens with zero attached hydrogens (tertiary/aromatic N) is 4. The summed E-state index contributed by atoms with van der Waals surface area (Å²) in [6.45, 7) is 6.32. The van der Waals surface area contributed by atoms with E-state index in [1.807, 2.05) is 24.4 Å². The number of ether oxygens (including phenoxy) is 2. The second-order valence-corrected chi connectivity index (χ2v) is 9.91. The molecule has 0 saturated heterocycles. The van der Waals surface area contributed by atoms with Gasteiger partial charge in [-0.15, -0.1) is 11.3 Å². The number of fused-ring (bicyclic) bond motifs is 2. The van der Waals surface area contributed by atoms with Crippen LogP contribution in [0.15, 0.2) is 42.3 Å². The summed E-state index contributed by atoms with van der Waals surface area (Å²) in [4.78, 5) is 18.9. The molecule has 0 spiro atoms. The minimum atomic E-state index is -0.820. The number of thiophene rings is 1. The minimum absolute atomic E-state index is 0.00147. The van der Waals surface area contributed by atoms with Gasteiger partial charge >= 0.3 is 0 Å². The van der Waals surface area contributed by atoms with E-state index in [2.05, 4.69) is 18.4 Å². The maximum absolute atomic E-state index is 15.7. The number of halogens is 2. The summed E-state index contributed by atoms with van der Waals surface area (Å²) in [5, 5.41) is 16.6. The van der Waals surface area contributed by atoms with E-state index < -0.39 is 11.6 Å². The van der Waals surface area contributed by atoms with Crippen LogP contribution < -0.4 is 4.74 Å². The van der Waals surface area contributed by atoms with Crippen molar-refractivity contribution in [3.63, 3.8) is 0 Å². The van der Waals surface area contributed by atoms with Crippen molar-refractivity contribution in [1.29, 1.82) is 0 Å². The van der Waals surface area contributed by atoms with Crippen LogP contribution >= 0.6 is 11.3 Å². The van der Waals surface area contributed by atoms with Crippen LogP contribution in [-0.4, -0.2) is 64.2 Å². The topological polar surface area (TPSA) is 89.7 Å². The van der Waals surface area contributed by atoms with Crippen molar-refractivity contribution in [3.05, 3.63) is 65.3 Å². The number of amides is 1. The van der Waals surface area contributed by atoms with Crippen LogP contribution in [0.5, 0.6) is 5.75 Å². The van der Waals surface area contributed by atoms with E-state index in [4.69, 9.17) is 19.6 Å². The molecule has 1 amide bonds. The minimum Gasteiger partial charge on any atom is -0.490 e. The number of aromatic nitrogens is 3. The molecule has 1 aliphatic heterocycles. The Bertz CT molecular complexity index is 1670. The van der Waals surface area contributed by atoms with E-state index >= 15 is 4.39 Å². The number of methoxy groups -OCH3 is 1. The lowest BCUT2D eigenvalue weighted by atomic mass is 9.97. The Morgan fingerprint density at radius 3 is 2.85 bits per heavy atom. The van der Waals surface area contributed by atoms with Gasteiger partial charge in [-0.05, 0) is 36.4 Å². The molecule has 0 saturated carbocycles. The summed E-state index contributed by atoms with van der Waals surface area (Å²) in [7, 11) is 1.51. The molecule has 0 aliphatic carbocycles. The van der Waals surface area contributed by atoms with Crippen molar-refractivity contribution in [2.45, 2.75) is 19.5 Å². The zero-order valence-corrected chi connectivity index (χ0v) is 22.7. The SMILES string of the molecule is C=CC(=O)N1CCn2nc(-c3nc(C#CCO)c4ccsc4c3-c3c(F)cc(F)cc3OCCOC)cc2[C@H]1C. The summed E-state index contributed by atoms with van der Waals surface area (Å²) in [5.74, 6) is 3.74. The molecular weight excluding hydrogens is 538 g/mol. The van der Waals surface area contributed by atoms with Crippen LogP contribution in [0.4, 0.5) is 8.78 Å². The Morgan fingerprint density at radius 2 is 2.10 bits per heavy atom. The number of pyridine rings is 1. The predicted octanol–water partition coefficient (Wildman–Crippen LogP) is 4.56. The smallest absolute Gasteiger partial charge is 0.246 e. The molecule has 0 radical (unpaired) electrons. The third-order valence-electron chi connectivity index (χ3n) is 6.67. The molecule has 1 aliphatic rings. The maximum atomic E-state index is 15.7. The second-order valence-electron chi connectivity index (χ2n) is 9.00. The lowest BCUT2D eigenvalue weighted by Gasteiger charge is -2.33. The van der Waals surface area contributed by atoms with Gasteiger partial charge < -0.3 is 19.5 Å². The van der Waals surface area contributed by atoms with Crippen molar-refractivity contribution in [2.75, 3.05) is 33.5 Å². The van der Waals surface area contributed by atoms with Gasteiger partial charge in [-0.1, -0.05) is 12.5 Å². The van der Waals surface area contributed by atoms with Gasteiger partial charge in [0.25, 0.3) is 0 Å². The van der Waals surface area contributed by atoms with Crippen LogP contribution in [0.1, 0.15) is 24.4 Å². The molecule has 1 aromatic carbocycles. The van der Waals surface area contributed by atoms with E-state index in [-0.39, 0.29) is 43.1 Å². The second kappa shape index (κ2) is 11.6. The summed E-state index contributed by atoms with van der Waals surface area (Å²) in [5.41, 5.74) is 2.32. The zero-order valence-electron chi connectivity index (χ0n) is 21.9. The standard InChI is InChI=1S/C29H26F2N4O4S/c1-4-25(37)34-8-9-35-23(17(34)2)16-22(33-35)28-27(29-19(7-13-40-29)21(32-28)6-5-10-36)26-20(31)14-18(30)15-24(26)39-12-11-38-3/h4,7,13-17,36H,1,8-12H2,2-3H3/t17-/m1/s1. The average Bonchev–Trinajstić information content (AvgIpc) is 3.60. The Kier molecular flexibility index (Phi) is 7.93. The molecule has 40 heavy (non-hydrogen) atoms. The number of benzene rings is 1. The van der Waals surface area contributed by atoms with Crippen molar-refractivity contribution >= 4 is 27.3 Å². The quantitative estimate of drug-likeness (QED) is 0.201. The predicted molar refractivity (Wildman–Crippen MR) is 148 cm³/mol. The molecule has 4 heterocycles. The number of carbonyl (C=O) groups excluding carboxylic acids is 1. The first-order valence-corrected chi connectivity index (χ1v) is 13.4. The van der Waals surface area contributed by atoms with E-state index in [0.29, 0.717) is 45.8 Å². The molecule has 0 fully saturated rings. The highest BCUT2D eigenvalue weighted by Crippen LogP contribution is 2.45.